The zero-order chi connectivity index (χ0) is 14.0. The van der Waals surface area contributed by atoms with E-state index in [1.807, 2.05) is 0 Å². The summed E-state index contributed by atoms with van der Waals surface area (Å²) in [6, 6.07) is 1.15. The zero-order valence-corrected chi connectivity index (χ0v) is 9.52. The summed E-state index contributed by atoms with van der Waals surface area (Å²) in [5.74, 6) is -5.11. The fourth-order valence-corrected chi connectivity index (χ4v) is 1.14. The highest BCUT2D eigenvalue weighted by atomic mass is 19.4. The van der Waals surface area contributed by atoms with Gasteiger partial charge in [0.05, 0.1) is 12.8 Å². The molecule has 1 heterocycles. The molecule has 0 fully saturated rings. The normalized spacial score (nSPS) is 12.4. The van der Waals surface area contributed by atoms with Crippen LogP contribution in [0.25, 0.3) is 0 Å². The summed E-state index contributed by atoms with van der Waals surface area (Å²) in [4.78, 5) is 3.79. The third-order valence-electron chi connectivity index (χ3n) is 2.07. The largest absolute Gasteiger partial charge is 0.491 e. The average molecular weight is 271 g/mol. The monoisotopic (exact) mass is 271 g/mol. The molecule has 1 aromatic heterocycles. The van der Waals surface area contributed by atoms with Crippen LogP contribution in [0.3, 0.4) is 0 Å². The maximum absolute atomic E-state index is 12.6. The highest BCUT2D eigenvalue weighted by Crippen LogP contribution is 2.37. The first-order valence-corrected chi connectivity index (χ1v) is 4.76. The van der Waals surface area contributed by atoms with Gasteiger partial charge in [-0.15, -0.1) is 0 Å². The molecule has 0 unspecified atom stereocenters. The molecule has 8 heteroatoms. The van der Waals surface area contributed by atoms with Gasteiger partial charge >= 0.3 is 12.1 Å². The van der Waals surface area contributed by atoms with Gasteiger partial charge in [-0.3, -0.25) is 4.98 Å². The molecule has 1 aromatic rings. The van der Waals surface area contributed by atoms with Crippen molar-refractivity contribution in [2.45, 2.75) is 19.0 Å². The van der Waals surface area contributed by atoms with E-state index in [1.165, 1.54) is 20.2 Å². The predicted molar refractivity (Wildman–Crippen MR) is 52.0 cm³/mol. The maximum Gasteiger partial charge on any atom is 0.456 e. The SMILES string of the molecule is COc1c(OCC(F)(F)C(F)(F)F)ccnc1C. The van der Waals surface area contributed by atoms with Crippen molar-refractivity contribution in [3.63, 3.8) is 0 Å². The number of aromatic nitrogens is 1. The smallest absolute Gasteiger partial charge is 0.456 e. The minimum atomic E-state index is -5.65. The Bertz CT molecular complexity index is 419. The molecule has 0 aliphatic heterocycles. The molecule has 0 aliphatic rings. The van der Waals surface area contributed by atoms with Crippen molar-refractivity contribution in [1.29, 1.82) is 0 Å². The van der Waals surface area contributed by atoms with Gasteiger partial charge < -0.3 is 9.47 Å². The number of halogens is 5. The van der Waals surface area contributed by atoms with E-state index in [-0.39, 0.29) is 11.5 Å². The van der Waals surface area contributed by atoms with Crippen LogP contribution in [0, 0.1) is 6.92 Å². The highest BCUT2D eigenvalue weighted by molar-refractivity contribution is 5.41. The lowest BCUT2D eigenvalue weighted by molar-refractivity contribution is -0.290. The van der Waals surface area contributed by atoms with E-state index in [0.29, 0.717) is 5.69 Å². The third-order valence-corrected chi connectivity index (χ3v) is 2.07. The number of ether oxygens (including phenoxy) is 2. The first kappa shape index (κ1) is 14.5. The number of aryl methyl sites for hydroxylation is 1. The van der Waals surface area contributed by atoms with Crippen molar-refractivity contribution in [3.05, 3.63) is 18.0 Å². The van der Waals surface area contributed by atoms with Crippen LogP contribution < -0.4 is 9.47 Å². The molecule has 0 spiro atoms. The lowest BCUT2D eigenvalue weighted by Crippen LogP contribution is -2.41. The summed E-state index contributed by atoms with van der Waals surface area (Å²) >= 11 is 0. The van der Waals surface area contributed by atoms with Crippen LogP contribution in [0.4, 0.5) is 22.0 Å². The number of pyridine rings is 1. The average Bonchev–Trinajstić information content (AvgIpc) is 2.25. The summed E-state index contributed by atoms with van der Waals surface area (Å²) in [7, 11) is 1.23. The number of hydrogen-bond acceptors (Lipinski definition) is 3. The van der Waals surface area contributed by atoms with Crippen LogP contribution in [0.2, 0.25) is 0 Å². The van der Waals surface area contributed by atoms with E-state index in [0.717, 1.165) is 6.07 Å². The topological polar surface area (TPSA) is 31.4 Å². The van der Waals surface area contributed by atoms with Crippen LogP contribution in [0.1, 0.15) is 5.69 Å². The molecule has 0 saturated heterocycles. The summed E-state index contributed by atoms with van der Waals surface area (Å²) in [6.45, 7) is -0.302. The minimum Gasteiger partial charge on any atom is -0.491 e. The van der Waals surface area contributed by atoms with E-state index in [1.54, 1.807) is 0 Å². The van der Waals surface area contributed by atoms with Crippen LogP contribution in [0.5, 0.6) is 11.5 Å². The quantitative estimate of drug-likeness (QED) is 0.789. The zero-order valence-electron chi connectivity index (χ0n) is 9.52. The number of rotatable bonds is 4. The third kappa shape index (κ3) is 2.99. The Labute approximate surface area is 99.5 Å². The van der Waals surface area contributed by atoms with E-state index in [2.05, 4.69) is 9.72 Å². The molecule has 0 atom stereocenters. The number of hydrogen-bond donors (Lipinski definition) is 0. The molecule has 18 heavy (non-hydrogen) atoms. The Morgan fingerprint density at radius 1 is 1.22 bits per heavy atom. The molecule has 0 aromatic carbocycles. The van der Waals surface area contributed by atoms with Gasteiger partial charge in [-0.2, -0.15) is 22.0 Å². The second-order valence-corrected chi connectivity index (χ2v) is 3.42. The van der Waals surface area contributed by atoms with Crippen LogP contribution in [0.15, 0.2) is 12.3 Å². The first-order valence-electron chi connectivity index (χ1n) is 4.76. The van der Waals surface area contributed by atoms with E-state index in [4.69, 9.17) is 4.74 Å². The Morgan fingerprint density at radius 3 is 2.33 bits per heavy atom. The fraction of sp³-hybridized carbons (Fsp3) is 0.500. The number of nitrogens with zero attached hydrogens (tertiary/aromatic N) is 1. The van der Waals surface area contributed by atoms with E-state index < -0.39 is 18.7 Å². The molecule has 0 radical (unpaired) electrons. The standard InChI is InChI=1S/C10H10F5NO2/c1-6-8(17-2)7(3-4-16-6)18-5-9(11,12)10(13,14)15/h3-4H,5H2,1-2H3. The van der Waals surface area contributed by atoms with Crippen LogP contribution in [-0.2, 0) is 0 Å². The van der Waals surface area contributed by atoms with Gasteiger partial charge in [0.15, 0.2) is 18.1 Å². The minimum absolute atomic E-state index is 0.0236. The molecule has 3 nitrogen and oxygen atoms in total. The van der Waals surface area contributed by atoms with Gasteiger partial charge in [0, 0.05) is 12.3 Å². The van der Waals surface area contributed by atoms with Gasteiger partial charge in [0.2, 0.25) is 0 Å². The molecule has 0 amide bonds. The summed E-state index contributed by atoms with van der Waals surface area (Å²) in [6.07, 6.45) is -4.43. The van der Waals surface area contributed by atoms with Crippen LogP contribution in [-0.4, -0.2) is 30.8 Å². The van der Waals surface area contributed by atoms with Crippen molar-refractivity contribution in [2.75, 3.05) is 13.7 Å². The van der Waals surface area contributed by atoms with Crippen molar-refractivity contribution >= 4 is 0 Å². The predicted octanol–water partition coefficient (Wildman–Crippen LogP) is 2.98. The molecule has 1 rings (SSSR count). The van der Waals surface area contributed by atoms with Gasteiger partial charge in [-0.05, 0) is 6.92 Å². The molecule has 0 saturated carbocycles. The van der Waals surface area contributed by atoms with E-state index >= 15 is 0 Å². The molecule has 102 valence electrons. The van der Waals surface area contributed by atoms with Gasteiger partial charge in [0.25, 0.3) is 0 Å². The number of methoxy groups -OCH3 is 1. The highest BCUT2D eigenvalue weighted by Gasteiger charge is 2.58. The van der Waals surface area contributed by atoms with Crippen molar-refractivity contribution in [2.24, 2.45) is 0 Å². The molecule has 0 bridgehead atoms. The second-order valence-electron chi connectivity index (χ2n) is 3.42. The Kier molecular flexibility index (Phi) is 3.98. The summed E-state index contributed by atoms with van der Waals surface area (Å²) in [5.41, 5.74) is 0.324. The fourth-order valence-electron chi connectivity index (χ4n) is 1.14. The second kappa shape index (κ2) is 4.95. The maximum atomic E-state index is 12.6. The Balaban J connectivity index is 2.85. The molecular weight excluding hydrogens is 261 g/mol. The van der Waals surface area contributed by atoms with E-state index in [9.17, 15) is 22.0 Å². The first-order chi connectivity index (χ1) is 8.19. The molecular formula is C10H10F5NO2. The van der Waals surface area contributed by atoms with Crippen LogP contribution >= 0.6 is 0 Å². The summed E-state index contributed by atoms with van der Waals surface area (Å²) in [5, 5.41) is 0. The Hall–Kier alpha value is -1.60. The lowest BCUT2D eigenvalue weighted by atomic mass is 10.3. The number of alkyl halides is 5. The van der Waals surface area contributed by atoms with Crippen molar-refractivity contribution < 1.29 is 31.4 Å². The molecule has 0 aliphatic carbocycles. The Morgan fingerprint density at radius 2 is 1.83 bits per heavy atom. The van der Waals surface area contributed by atoms with Crippen molar-refractivity contribution in [1.82, 2.24) is 4.98 Å². The molecule has 0 N–H and O–H groups in total. The summed E-state index contributed by atoms with van der Waals surface area (Å²) < 4.78 is 70.3. The van der Waals surface area contributed by atoms with Gasteiger partial charge in [0.1, 0.15) is 0 Å². The van der Waals surface area contributed by atoms with Crippen molar-refractivity contribution in [3.8, 4) is 11.5 Å². The van der Waals surface area contributed by atoms with Gasteiger partial charge in [-0.25, -0.2) is 0 Å². The van der Waals surface area contributed by atoms with Gasteiger partial charge in [-0.1, -0.05) is 0 Å². The lowest BCUT2D eigenvalue weighted by Gasteiger charge is -2.20.